The highest BCUT2D eigenvalue weighted by molar-refractivity contribution is 6.32. The van der Waals surface area contributed by atoms with Gasteiger partial charge >= 0.3 is 0 Å². The number of aromatic hydroxyl groups is 5. The molecular weight excluding hydrogens is 536 g/mol. The van der Waals surface area contributed by atoms with Gasteiger partial charge in [-0.2, -0.15) is 0 Å². The summed E-state index contributed by atoms with van der Waals surface area (Å²) in [7, 11) is 0. The lowest BCUT2D eigenvalue weighted by molar-refractivity contribution is -0.0812. The van der Waals surface area contributed by atoms with E-state index < -0.39 is 88.1 Å². The van der Waals surface area contributed by atoms with Gasteiger partial charge in [-0.05, 0) is 33.8 Å². The zero-order valence-corrected chi connectivity index (χ0v) is 22.5. The van der Waals surface area contributed by atoms with Gasteiger partial charge in [-0.1, -0.05) is 0 Å². The van der Waals surface area contributed by atoms with Crippen LogP contribution in [0.3, 0.4) is 0 Å². The van der Waals surface area contributed by atoms with Crippen LogP contribution < -0.4 is 0 Å². The Morgan fingerprint density at radius 1 is 0.610 bits per heavy atom. The van der Waals surface area contributed by atoms with Gasteiger partial charge in [-0.25, -0.2) is 0 Å². The second-order valence-corrected chi connectivity index (χ2v) is 10.8. The fraction of sp³-hybridized carbons (Fsp3) is 0.333. The van der Waals surface area contributed by atoms with E-state index in [0.29, 0.717) is 0 Å². The van der Waals surface area contributed by atoms with Crippen LogP contribution in [0.1, 0.15) is 71.7 Å². The van der Waals surface area contributed by atoms with Gasteiger partial charge in [-0.3, -0.25) is 9.59 Å². The number of hydrogen-bond acceptors (Lipinski definition) is 11. The lowest BCUT2D eigenvalue weighted by Crippen LogP contribution is -2.45. The van der Waals surface area contributed by atoms with E-state index in [2.05, 4.69) is 0 Å². The number of ketones is 2. The van der Waals surface area contributed by atoms with E-state index >= 15 is 0 Å². The van der Waals surface area contributed by atoms with Gasteiger partial charge in [0.25, 0.3) is 0 Å². The molecule has 3 aliphatic rings. The number of aliphatic hydroxyl groups is 2. The molecule has 11 heteroatoms. The number of phenolic OH excluding ortho intramolecular Hbond substituents is 5. The lowest BCUT2D eigenvalue weighted by Gasteiger charge is -2.38. The standard InChI is InChI=1S/C30H28O11/c1-8-17-23(26(35)10(3)40-8)20(13-5-12(31)6-14(32)19(13)28(17)37)21-15(33)7-16(34)22-24(21)30(39)25-18(29(22)38)9(2)41-11(4)27(25)36/h5-11,26-27,31-37H,1-4H3. The second kappa shape index (κ2) is 8.92. The minimum Gasteiger partial charge on any atom is -0.508 e. The van der Waals surface area contributed by atoms with E-state index in [0.717, 1.165) is 12.1 Å². The quantitative estimate of drug-likeness (QED) is 0.229. The molecule has 0 bridgehead atoms. The molecule has 6 atom stereocenters. The highest BCUT2D eigenvalue weighted by Gasteiger charge is 2.47. The Labute approximate surface area is 233 Å². The molecular formula is C30H28O11. The molecule has 0 spiro atoms. The Bertz CT molecular complexity index is 1740. The van der Waals surface area contributed by atoms with Gasteiger partial charge in [0, 0.05) is 56.5 Å². The van der Waals surface area contributed by atoms with Crippen molar-refractivity contribution in [3.8, 4) is 39.9 Å². The van der Waals surface area contributed by atoms with Crippen molar-refractivity contribution in [2.24, 2.45) is 0 Å². The number of ether oxygens (including phenoxy) is 2. The maximum atomic E-state index is 14.2. The molecule has 6 unspecified atom stereocenters. The third-order valence-electron chi connectivity index (χ3n) is 8.32. The fourth-order valence-electron chi connectivity index (χ4n) is 6.56. The summed E-state index contributed by atoms with van der Waals surface area (Å²) < 4.78 is 11.4. The molecule has 2 heterocycles. The van der Waals surface area contributed by atoms with Crippen molar-refractivity contribution >= 4 is 22.3 Å². The Kier molecular flexibility index (Phi) is 5.88. The van der Waals surface area contributed by atoms with Gasteiger partial charge in [0.05, 0.1) is 35.4 Å². The van der Waals surface area contributed by atoms with Crippen molar-refractivity contribution < 1.29 is 54.8 Å². The molecule has 41 heavy (non-hydrogen) atoms. The monoisotopic (exact) mass is 564 g/mol. The number of phenols is 5. The molecule has 0 fully saturated rings. The first-order valence-corrected chi connectivity index (χ1v) is 13.1. The van der Waals surface area contributed by atoms with Crippen molar-refractivity contribution in [3.05, 3.63) is 51.6 Å². The molecule has 3 aromatic carbocycles. The summed E-state index contributed by atoms with van der Waals surface area (Å²) in [6.45, 7) is 6.26. The number of rotatable bonds is 1. The summed E-state index contributed by atoms with van der Waals surface area (Å²) in [5.74, 6) is -4.42. The topological polar surface area (TPSA) is 194 Å². The first kappa shape index (κ1) is 27.0. The van der Waals surface area contributed by atoms with Crippen LogP contribution in [0.5, 0.6) is 28.7 Å². The van der Waals surface area contributed by atoms with E-state index in [1.165, 1.54) is 13.0 Å². The smallest absolute Gasteiger partial charge is 0.196 e. The second-order valence-electron chi connectivity index (χ2n) is 10.8. The average molecular weight is 565 g/mol. The van der Waals surface area contributed by atoms with Crippen LogP contribution in [0.2, 0.25) is 0 Å². The van der Waals surface area contributed by atoms with Crippen molar-refractivity contribution in [1.82, 2.24) is 0 Å². The average Bonchev–Trinajstić information content (AvgIpc) is 2.87. The third-order valence-corrected chi connectivity index (χ3v) is 8.32. The molecule has 0 aromatic heterocycles. The molecule has 0 radical (unpaired) electrons. The number of Topliss-reactive ketones (excluding diaryl/α,β-unsaturated/α-hetero) is 2. The van der Waals surface area contributed by atoms with Crippen LogP contribution in [0.4, 0.5) is 0 Å². The van der Waals surface area contributed by atoms with Gasteiger partial charge in [0.1, 0.15) is 41.0 Å². The van der Waals surface area contributed by atoms with Gasteiger partial charge in [0.15, 0.2) is 11.6 Å². The number of carbonyl (C=O) groups is 2. The number of fused-ring (bicyclic) bond motifs is 3. The Morgan fingerprint density at radius 3 is 1.88 bits per heavy atom. The maximum Gasteiger partial charge on any atom is 0.196 e. The number of benzene rings is 3. The zero-order valence-electron chi connectivity index (χ0n) is 22.5. The normalized spacial score (nSPS) is 27.6. The minimum atomic E-state index is -1.50. The largest absolute Gasteiger partial charge is 0.508 e. The van der Waals surface area contributed by atoms with Crippen LogP contribution in [0.25, 0.3) is 21.9 Å². The van der Waals surface area contributed by atoms with Crippen molar-refractivity contribution in [3.63, 3.8) is 0 Å². The van der Waals surface area contributed by atoms with Gasteiger partial charge in [0.2, 0.25) is 0 Å². The van der Waals surface area contributed by atoms with Crippen molar-refractivity contribution in [1.29, 1.82) is 0 Å². The Balaban J connectivity index is 1.82. The first-order valence-electron chi connectivity index (χ1n) is 13.1. The molecule has 1 aliphatic carbocycles. The van der Waals surface area contributed by atoms with Gasteiger partial charge in [-0.15, -0.1) is 0 Å². The van der Waals surface area contributed by atoms with Crippen LogP contribution in [-0.4, -0.2) is 71.7 Å². The fourth-order valence-corrected chi connectivity index (χ4v) is 6.56. The molecule has 11 nitrogen and oxygen atoms in total. The number of hydrogen-bond donors (Lipinski definition) is 7. The summed E-state index contributed by atoms with van der Waals surface area (Å²) in [6.07, 6.45) is -6.34. The van der Waals surface area contributed by atoms with E-state index in [1.54, 1.807) is 20.8 Å². The lowest BCUT2D eigenvalue weighted by atomic mass is 9.73. The van der Waals surface area contributed by atoms with E-state index in [9.17, 15) is 45.3 Å². The summed E-state index contributed by atoms with van der Waals surface area (Å²) in [4.78, 5) is 28.1. The molecule has 0 amide bonds. The molecule has 0 saturated carbocycles. The van der Waals surface area contributed by atoms with Crippen LogP contribution >= 0.6 is 0 Å². The van der Waals surface area contributed by atoms with Gasteiger partial charge < -0.3 is 45.2 Å². The Hall–Kier alpha value is -4.16. The predicted molar refractivity (Wildman–Crippen MR) is 143 cm³/mol. The molecule has 7 N–H and O–H groups in total. The van der Waals surface area contributed by atoms with E-state index in [1.807, 2.05) is 0 Å². The molecule has 214 valence electrons. The number of aliphatic hydroxyl groups excluding tert-OH is 2. The van der Waals surface area contributed by atoms with Crippen LogP contribution in [-0.2, 0) is 9.47 Å². The van der Waals surface area contributed by atoms with Crippen LogP contribution in [0, 0.1) is 0 Å². The molecule has 2 aliphatic heterocycles. The highest BCUT2D eigenvalue weighted by Crippen LogP contribution is 2.56. The first-order chi connectivity index (χ1) is 19.3. The van der Waals surface area contributed by atoms with E-state index in [-0.39, 0.29) is 44.2 Å². The van der Waals surface area contributed by atoms with Crippen molar-refractivity contribution in [2.45, 2.75) is 64.3 Å². The molecule has 3 aromatic rings. The Morgan fingerprint density at radius 2 is 1.20 bits per heavy atom. The predicted octanol–water partition coefficient (Wildman–Crippen LogP) is 3.39. The molecule has 6 rings (SSSR count). The SMILES string of the molecule is CC1OC(C)C(O)C2=C1C(=O)c1c(O)cc(O)c(-c3c4c(c(O)c5c(O)cc(O)cc35)C(C)OC(C)C4O)c1C2=O. The third kappa shape index (κ3) is 3.53. The summed E-state index contributed by atoms with van der Waals surface area (Å²) >= 11 is 0. The van der Waals surface area contributed by atoms with Crippen LogP contribution in [0.15, 0.2) is 29.3 Å². The summed E-state index contributed by atoms with van der Waals surface area (Å²) in [5, 5.41) is 76.8. The maximum absolute atomic E-state index is 14.2. The summed E-state index contributed by atoms with van der Waals surface area (Å²) in [5.41, 5.74) is -1.53. The number of carbonyl (C=O) groups excluding carboxylic acids is 2. The zero-order chi connectivity index (χ0) is 29.8. The minimum absolute atomic E-state index is 0.0312. The van der Waals surface area contributed by atoms with Crippen molar-refractivity contribution in [2.75, 3.05) is 0 Å². The highest BCUT2D eigenvalue weighted by atomic mass is 16.5. The summed E-state index contributed by atoms with van der Waals surface area (Å²) in [6, 6.07) is 3.04. The van der Waals surface area contributed by atoms with E-state index in [4.69, 9.17) is 9.47 Å². The molecule has 0 saturated heterocycles.